The number of benzene rings is 1. The summed E-state index contributed by atoms with van der Waals surface area (Å²) >= 11 is 0. The van der Waals surface area contributed by atoms with Gasteiger partial charge in [0.05, 0.1) is 5.52 Å². The van der Waals surface area contributed by atoms with Crippen molar-refractivity contribution in [3.05, 3.63) is 54.2 Å². The van der Waals surface area contributed by atoms with Crippen LogP contribution >= 0.6 is 0 Å². The fourth-order valence-electron chi connectivity index (χ4n) is 2.76. The van der Waals surface area contributed by atoms with Gasteiger partial charge in [-0.15, -0.1) is 0 Å². The van der Waals surface area contributed by atoms with Crippen molar-refractivity contribution >= 4 is 10.9 Å². The van der Waals surface area contributed by atoms with Crippen molar-refractivity contribution in [2.75, 3.05) is 6.54 Å². The Balaban J connectivity index is 1.63. The number of hydrogen-bond donors (Lipinski definition) is 1. The predicted molar refractivity (Wildman–Crippen MR) is 79.9 cm³/mol. The third-order valence-electron chi connectivity index (χ3n) is 3.87. The molecular formula is C17H20N2. The first kappa shape index (κ1) is 12.4. The van der Waals surface area contributed by atoms with Gasteiger partial charge in [0.15, 0.2) is 0 Å². The maximum atomic E-state index is 4.40. The van der Waals surface area contributed by atoms with E-state index in [4.69, 9.17) is 0 Å². The fraction of sp³-hybridized carbons (Fsp3) is 0.353. The molecular weight excluding hydrogens is 232 g/mol. The van der Waals surface area contributed by atoms with Crippen LogP contribution in [-0.2, 0) is 6.54 Å². The lowest BCUT2D eigenvalue weighted by Gasteiger charge is -2.18. The molecule has 1 atom stereocenters. The third kappa shape index (κ3) is 3.02. The van der Waals surface area contributed by atoms with Gasteiger partial charge in [-0.25, -0.2) is 0 Å². The van der Waals surface area contributed by atoms with E-state index in [1.807, 2.05) is 12.3 Å². The molecule has 19 heavy (non-hydrogen) atoms. The molecule has 0 amide bonds. The van der Waals surface area contributed by atoms with Crippen LogP contribution < -0.4 is 5.32 Å². The van der Waals surface area contributed by atoms with Gasteiger partial charge in [-0.1, -0.05) is 30.4 Å². The Morgan fingerprint density at radius 3 is 3.00 bits per heavy atom. The summed E-state index contributed by atoms with van der Waals surface area (Å²) in [5.41, 5.74) is 2.43. The van der Waals surface area contributed by atoms with Gasteiger partial charge in [0.25, 0.3) is 0 Å². The summed E-state index contributed by atoms with van der Waals surface area (Å²) in [6, 6.07) is 10.5. The molecule has 0 saturated carbocycles. The highest BCUT2D eigenvalue weighted by Gasteiger charge is 2.09. The molecule has 1 unspecified atom stereocenters. The summed E-state index contributed by atoms with van der Waals surface area (Å²) in [6.45, 7) is 2.05. The van der Waals surface area contributed by atoms with E-state index < -0.39 is 0 Å². The summed E-state index contributed by atoms with van der Waals surface area (Å²) in [5, 5.41) is 4.87. The van der Waals surface area contributed by atoms with Crippen LogP contribution in [-0.4, -0.2) is 11.5 Å². The Hall–Kier alpha value is -1.67. The maximum Gasteiger partial charge on any atom is 0.0705 e. The van der Waals surface area contributed by atoms with Crippen LogP contribution in [0.4, 0.5) is 0 Å². The van der Waals surface area contributed by atoms with E-state index in [2.05, 4.69) is 46.7 Å². The van der Waals surface area contributed by atoms with Gasteiger partial charge in [0.1, 0.15) is 0 Å². The highest BCUT2D eigenvalue weighted by molar-refractivity contribution is 5.81. The number of allylic oxidation sites excluding steroid dienone is 2. The number of nitrogens with zero attached hydrogens (tertiary/aromatic N) is 1. The Morgan fingerprint density at radius 2 is 2.11 bits per heavy atom. The molecule has 2 aromatic rings. The normalized spacial score (nSPS) is 18.8. The molecule has 1 aromatic carbocycles. The molecule has 0 bridgehead atoms. The number of para-hydroxylation sites is 1. The zero-order valence-corrected chi connectivity index (χ0v) is 11.2. The average Bonchev–Trinajstić information content (AvgIpc) is 2.49. The van der Waals surface area contributed by atoms with Crippen molar-refractivity contribution in [1.82, 2.24) is 10.3 Å². The van der Waals surface area contributed by atoms with Gasteiger partial charge in [0, 0.05) is 18.1 Å². The van der Waals surface area contributed by atoms with Crippen LogP contribution in [0.1, 0.15) is 24.8 Å². The van der Waals surface area contributed by atoms with Gasteiger partial charge in [-0.2, -0.15) is 0 Å². The van der Waals surface area contributed by atoms with Crippen LogP contribution in [0.5, 0.6) is 0 Å². The van der Waals surface area contributed by atoms with E-state index in [1.165, 1.54) is 30.2 Å². The van der Waals surface area contributed by atoms with E-state index >= 15 is 0 Å². The molecule has 1 N–H and O–H groups in total. The second-order valence-corrected chi connectivity index (χ2v) is 5.27. The lowest BCUT2D eigenvalue weighted by atomic mass is 9.94. The van der Waals surface area contributed by atoms with Crippen LogP contribution in [0.3, 0.4) is 0 Å². The maximum absolute atomic E-state index is 4.40. The van der Waals surface area contributed by atoms with Gasteiger partial charge in [0.2, 0.25) is 0 Å². The van der Waals surface area contributed by atoms with Crippen molar-refractivity contribution in [1.29, 1.82) is 0 Å². The first-order valence-corrected chi connectivity index (χ1v) is 7.12. The van der Waals surface area contributed by atoms with Crippen LogP contribution in [0.25, 0.3) is 10.9 Å². The average molecular weight is 252 g/mol. The molecule has 0 spiro atoms. The summed E-state index contributed by atoms with van der Waals surface area (Å²) in [4.78, 5) is 4.40. The smallest absolute Gasteiger partial charge is 0.0705 e. The molecule has 3 rings (SSSR count). The summed E-state index contributed by atoms with van der Waals surface area (Å²) in [6.07, 6.45) is 10.3. The van der Waals surface area contributed by atoms with Crippen molar-refractivity contribution in [3.63, 3.8) is 0 Å². The third-order valence-corrected chi connectivity index (χ3v) is 3.87. The molecule has 0 aliphatic heterocycles. The number of nitrogens with one attached hydrogen (secondary N) is 1. The van der Waals surface area contributed by atoms with E-state index in [-0.39, 0.29) is 0 Å². The molecule has 1 aromatic heterocycles. The van der Waals surface area contributed by atoms with Gasteiger partial charge in [-0.05, 0) is 49.4 Å². The molecule has 98 valence electrons. The molecule has 1 heterocycles. The number of rotatable bonds is 4. The monoisotopic (exact) mass is 252 g/mol. The van der Waals surface area contributed by atoms with Crippen molar-refractivity contribution < 1.29 is 0 Å². The largest absolute Gasteiger partial charge is 0.312 e. The lowest BCUT2D eigenvalue weighted by molar-refractivity contribution is 0.441. The number of pyridine rings is 1. The van der Waals surface area contributed by atoms with E-state index in [0.717, 1.165) is 24.5 Å². The quantitative estimate of drug-likeness (QED) is 0.840. The zero-order valence-electron chi connectivity index (χ0n) is 11.2. The summed E-state index contributed by atoms with van der Waals surface area (Å²) < 4.78 is 0. The van der Waals surface area contributed by atoms with Crippen molar-refractivity contribution in [3.8, 4) is 0 Å². The van der Waals surface area contributed by atoms with Gasteiger partial charge < -0.3 is 5.32 Å². The zero-order chi connectivity index (χ0) is 12.9. The molecule has 2 nitrogen and oxygen atoms in total. The first-order chi connectivity index (χ1) is 9.43. The Labute approximate surface area is 114 Å². The second-order valence-electron chi connectivity index (χ2n) is 5.27. The SMILES string of the molecule is C1=CCC(CNCc2ccnc3ccccc23)CC1. The fourth-order valence-corrected chi connectivity index (χ4v) is 2.76. The van der Waals surface area contributed by atoms with Crippen LogP contribution in [0, 0.1) is 5.92 Å². The predicted octanol–water partition coefficient (Wildman–Crippen LogP) is 3.68. The molecule has 1 aliphatic rings. The lowest BCUT2D eigenvalue weighted by Crippen LogP contribution is -2.23. The molecule has 0 radical (unpaired) electrons. The Morgan fingerprint density at radius 1 is 1.16 bits per heavy atom. The van der Waals surface area contributed by atoms with Gasteiger partial charge in [-0.3, -0.25) is 4.98 Å². The van der Waals surface area contributed by atoms with Crippen LogP contribution in [0.2, 0.25) is 0 Å². The first-order valence-electron chi connectivity index (χ1n) is 7.12. The molecule has 0 saturated heterocycles. The van der Waals surface area contributed by atoms with E-state index in [9.17, 15) is 0 Å². The van der Waals surface area contributed by atoms with Crippen molar-refractivity contribution in [2.24, 2.45) is 5.92 Å². The molecule has 0 fully saturated rings. The summed E-state index contributed by atoms with van der Waals surface area (Å²) in [5.74, 6) is 0.804. The minimum absolute atomic E-state index is 0.804. The van der Waals surface area contributed by atoms with Crippen molar-refractivity contribution in [2.45, 2.75) is 25.8 Å². The topological polar surface area (TPSA) is 24.9 Å². The Bertz CT molecular complexity index is 569. The second kappa shape index (κ2) is 5.98. The molecule has 2 heteroatoms. The highest BCUT2D eigenvalue weighted by atomic mass is 14.9. The number of fused-ring (bicyclic) bond motifs is 1. The number of aromatic nitrogens is 1. The van der Waals surface area contributed by atoms with E-state index in [0.29, 0.717) is 0 Å². The Kier molecular flexibility index (Phi) is 3.89. The van der Waals surface area contributed by atoms with E-state index in [1.54, 1.807) is 0 Å². The van der Waals surface area contributed by atoms with Gasteiger partial charge >= 0.3 is 0 Å². The van der Waals surface area contributed by atoms with Crippen LogP contribution in [0.15, 0.2) is 48.7 Å². The summed E-state index contributed by atoms with van der Waals surface area (Å²) in [7, 11) is 0. The standard InChI is InChI=1S/C17H20N2/c1-2-6-14(7-3-1)12-18-13-15-10-11-19-17-9-5-4-8-16(15)17/h1-2,4-5,8-11,14,18H,3,6-7,12-13H2. The number of hydrogen-bond acceptors (Lipinski definition) is 2. The highest BCUT2D eigenvalue weighted by Crippen LogP contribution is 2.18. The minimum atomic E-state index is 0.804. The molecule has 1 aliphatic carbocycles. The minimum Gasteiger partial charge on any atom is -0.312 e.